The molecule has 0 radical (unpaired) electrons. The number of anilines is 1. The van der Waals surface area contributed by atoms with E-state index < -0.39 is 4.92 Å². The second-order valence-electron chi connectivity index (χ2n) is 4.82. The van der Waals surface area contributed by atoms with Crippen molar-refractivity contribution < 1.29 is 9.34 Å². The second kappa shape index (κ2) is 4.51. The molecule has 0 spiro atoms. The molecular weight excluding hydrogens is 248 g/mol. The molecular formula is C12H14N4O3. The van der Waals surface area contributed by atoms with Gasteiger partial charge in [0.1, 0.15) is 5.52 Å². The van der Waals surface area contributed by atoms with Crippen molar-refractivity contribution in [2.45, 2.75) is 12.5 Å². The van der Waals surface area contributed by atoms with E-state index in [9.17, 15) is 10.1 Å². The molecule has 1 unspecified atom stereocenters. The molecule has 3 rings (SSSR count). The zero-order chi connectivity index (χ0) is 13.4. The van der Waals surface area contributed by atoms with Crippen molar-refractivity contribution in [1.82, 2.24) is 9.88 Å². The highest BCUT2D eigenvalue weighted by Gasteiger charge is 2.21. The van der Waals surface area contributed by atoms with Crippen molar-refractivity contribution in [2.75, 3.05) is 25.5 Å². The average Bonchev–Trinajstić information content (AvgIpc) is 2.94. The van der Waals surface area contributed by atoms with Gasteiger partial charge in [0.15, 0.2) is 5.58 Å². The molecule has 1 atom stereocenters. The van der Waals surface area contributed by atoms with Crippen molar-refractivity contribution in [3.8, 4) is 0 Å². The number of benzene rings is 1. The molecule has 0 amide bonds. The maximum atomic E-state index is 10.7. The highest BCUT2D eigenvalue weighted by atomic mass is 16.6. The highest BCUT2D eigenvalue weighted by molar-refractivity contribution is 5.77. The lowest BCUT2D eigenvalue weighted by Crippen LogP contribution is -2.23. The van der Waals surface area contributed by atoms with Gasteiger partial charge in [0.05, 0.1) is 11.0 Å². The summed E-state index contributed by atoms with van der Waals surface area (Å²) < 4.78 is 5.51. The van der Waals surface area contributed by atoms with Crippen LogP contribution in [0.15, 0.2) is 22.6 Å². The van der Waals surface area contributed by atoms with E-state index in [4.69, 9.17) is 4.42 Å². The summed E-state index contributed by atoms with van der Waals surface area (Å²) >= 11 is 0. The third-order valence-electron chi connectivity index (χ3n) is 3.30. The molecule has 0 aliphatic carbocycles. The van der Waals surface area contributed by atoms with E-state index in [2.05, 4.69) is 22.2 Å². The van der Waals surface area contributed by atoms with Crippen molar-refractivity contribution in [3.05, 3.63) is 28.3 Å². The van der Waals surface area contributed by atoms with Crippen LogP contribution in [0.1, 0.15) is 6.42 Å². The number of aromatic nitrogens is 1. The number of nitro benzene ring substituents is 1. The summed E-state index contributed by atoms with van der Waals surface area (Å²) in [6.45, 7) is 1.99. The van der Waals surface area contributed by atoms with Gasteiger partial charge in [-0.2, -0.15) is 4.98 Å². The Bertz CT molecular complexity index is 624. The Morgan fingerprint density at radius 1 is 1.58 bits per heavy atom. The molecule has 2 heterocycles. The monoisotopic (exact) mass is 262 g/mol. The van der Waals surface area contributed by atoms with Gasteiger partial charge in [0, 0.05) is 18.7 Å². The maximum absolute atomic E-state index is 10.7. The minimum absolute atomic E-state index is 0.01000. The largest absolute Gasteiger partial charge is 0.423 e. The topological polar surface area (TPSA) is 84.4 Å². The van der Waals surface area contributed by atoms with E-state index in [1.54, 1.807) is 6.07 Å². The van der Waals surface area contributed by atoms with Crippen LogP contribution in [0, 0.1) is 10.1 Å². The number of hydrogen-bond acceptors (Lipinski definition) is 6. The molecule has 0 saturated carbocycles. The van der Waals surface area contributed by atoms with Crippen molar-refractivity contribution in [3.63, 3.8) is 0 Å². The SMILES string of the molecule is CN1CCC(Nc2nc3ccc([N+](=O)[O-])cc3o2)C1. The third kappa shape index (κ3) is 2.37. The molecule has 7 nitrogen and oxygen atoms in total. The number of hydrogen-bond donors (Lipinski definition) is 1. The van der Waals surface area contributed by atoms with Crippen LogP contribution in [0.4, 0.5) is 11.7 Å². The molecule has 1 aliphatic rings. The zero-order valence-corrected chi connectivity index (χ0v) is 10.5. The fraction of sp³-hybridized carbons (Fsp3) is 0.417. The lowest BCUT2D eigenvalue weighted by molar-refractivity contribution is -0.384. The molecule has 1 aromatic carbocycles. The number of nitro groups is 1. The lowest BCUT2D eigenvalue weighted by Gasteiger charge is -2.10. The first kappa shape index (κ1) is 11.9. The van der Waals surface area contributed by atoms with Crippen LogP contribution in [0.3, 0.4) is 0 Å². The predicted octanol–water partition coefficient (Wildman–Crippen LogP) is 1.85. The van der Waals surface area contributed by atoms with Gasteiger partial charge in [-0.3, -0.25) is 10.1 Å². The summed E-state index contributed by atoms with van der Waals surface area (Å²) in [7, 11) is 2.07. The molecule has 1 aromatic heterocycles. The van der Waals surface area contributed by atoms with Crippen LogP contribution < -0.4 is 5.32 Å². The molecule has 2 aromatic rings. The van der Waals surface area contributed by atoms with Crippen LogP contribution >= 0.6 is 0 Å². The van der Waals surface area contributed by atoms with Crippen molar-refractivity contribution in [2.24, 2.45) is 0 Å². The molecule has 1 aliphatic heterocycles. The van der Waals surface area contributed by atoms with Gasteiger partial charge < -0.3 is 14.6 Å². The van der Waals surface area contributed by atoms with Gasteiger partial charge in [-0.05, 0) is 26.1 Å². The Kier molecular flexibility index (Phi) is 2.83. The maximum Gasteiger partial charge on any atom is 0.295 e. The summed E-state index contributed by atoms with van der Waals surface area (Å²) in [6, 6.07) is 5.17. The van der Waals surface area contributed by atoms with Gasteiger partial charge >= 0.3 is 0 Å². The molecule has 7 heteroatoms. The van der Waals surface area contributed by atoms with Gasteiger partial charge in [0.25, 0.3) is 11.7 Å². The highest BCUT2D eigenvalue weighted by Crippen LogP contribution is 2.24. The molecule has 100 valence electrons. The lowest BCUT2D eigenvalue weighted by atomic mass is 10.3. The first-order valence-electron chi connectivity index (χ1n) is 6.12. The summed E-state index contributed by atoms with van der Waals surface area (Å²) in [6.07, 6.45) is 1.04. The summed E-state index contributed by atoms with van der Waals surface area (Å²) in [5, 5.41) is 13.9. The number of nitrogens with one attached hydrogen (secondary N) is 1. The van der Waals surface area contributed by atoms with E-state index in [0.717, 1.165) is 19.5 Å². The van der Waals surface area contributed by atoms with E-state index in [1.807, 2.05) is 0 Å². The van der Waals surface area contributed by atoms with Gasteiger partial charge in [0.2, 0.25) is 0 Å². The number of nitrogens with zero attached hydrogens (tertiary/aromatic N) is 3. The summed E-state index contributed by atoms with van der Waals surface area (Å²) in [5.74, 6) is 0. The van der Waals surface area contributed by atoms with Crippen LogP contribution in [0.25, 0.3) is 11.1 Å². The number of likely N-dealkylation sites (N-methyl/N-ethyl adjacent to an activating group) is 1. The van der Waals surface area contributed by atoms with Crippen molar-refractivity contribution >= 4 is 22.8 Å². The quantitative estimate of drug-likeness (QED) is 0.671. The Morgan fingerprint density at radius 3 is 3.11 bits per heavy atom. The Morgan fingerprint density at radius 2 is 2.42 bits per heavy atom. The second-order valence-corrected chi connectivity index (χ2v) is 4.82. The van der Waals surface area contributed by atoms with Crippen LogP contribution in [0.5, 0.6) is 0 Å². The summed E-state index contributed by atoms with van der Waals surface area (Å²) in [5.41, 5.74) is 1.07. The number of non-ortho nitro benzene ring substituents is 1. The fourth-order valence-corrected chi connectivity index (χ4v) is 2.32. The fourth-order valence-electron chi connectivity index (χ4n) is 2.32. The Hall–Kier alpha value is -2.15. The van der Waals surface area contributed by atoms with Gasteiger partial charge in [-0.25, -0.2) is 0 Å². The third-order valence-corrected chi connectivity index (χ3v) is 3.30. The minimum atomic E-state index is -0.443. The number of oxazole rings is 1. The van der Waals surface area contributed by atoms with E-state index >= 15 is 0 Å². The number of fused-ring (bicyclic) bond motifs is 1. The number of likely N-dealkylation sites (tertiary alicyclic amines) is 1. The van der Waals surface area contributed by atoms with E-state index in [1.165, 1.54) is 12.1 Å². The van der Waals surface area contributed by atoms with Gasteiger partial charge in [-0.15, -0.1) is 0 Å². The predicted molar refractivity (Wildman–Crippen MR) is 70.2 cm³/mol. The first-order chi connectivity index (χ1) is 9.11. The molecule has 1 saturated heterocycles. The summed E-state index contributed by atoms with van der Waals surface area (Å²) in [4.78, 5) is 16.8. The normalized spacial score (nSPS) is 19.9. The smallest absolute Gasteiger partial charge is 0.295 e. The van der Waals surface area contributed by atoms with Crippen LogP contribution in [-0.4, -0.2) is 41.0 Å². The molecule has 1 N–H and O–H groups in total. The zero-order valence-electron chi connectivity index (χ0n) is 10.5. The van der Waals surface area contributed by atoms with Gasteiger partial charge in [-0.1, -0.05) is 0 Å². The minimum Gasteiger partial charge on any atom is -0.423 e. The average molecular weight is 262 g/mol. The van der Waals surface area contributed by atoms with Crippen LogP contribution in [0.2, 0.25) is 0 Å². The van der Waals surface area contributed by atoms with E-state index in [-0.39, 0.29) is 5.69 Å². The molecule has 0 bridgehead atoms. The first-order valence-corrected chi connectivity index (χ1v) is 6.12. The Balaban J connectivity index is 1.83. The molecule has 1 fully saturated rings. The standard InChI is InChI=1S/C12H14N4O3/c1-15-5-4-8(7-15)13-12-14-10-3-2-9(16(17)18)6-11(10)19-12/h2-3,6,8H,4-5,7H2,1H3,(H,13,14). The van der Waals surface area contributed by atoms with Crippen LogP contribution in [-0.2, 0) is 0 Å². The molecule has 19 heavy (non-hydrogen) atoms. The number of rotatable bonds is 3. The van der Waals surface area contributed by atoms with E-state index in [0.29, 0.717) is 23.2 Å². The van der Waals surface area contributed by atoms with Crippen molar-refractivity contribution in [1.29, 1.82) is 0 Å². The Labute approximate surface area is 109 Å².